The molecule has 0 bridgehead atoms. The molecule has 20 heavy (non-hydrogen) atoms. The quantitative estimate of drug-likeness (QED) is 0.765. The third-order valence-electron chi connectivity index (χ3n) is 3.39. The van der Waals surface area contributed by atoms with Crippen molar-refractivity contribution in [3.63, 3.8) is 0 Å². The van der Waals surface area contributed by atoms with E-state index in [-0.39, 0.29) is 11.9 Å². The summed E-state index contributed by atoms with van der Waals surface area (Å²) < 4.78 is 0. The average molecular weight is 276 g/mol. The maximum atomic E-state index is 11.6. The lowest BCUT2D eigenvalue weighted by molar-refractivity contribution is -0.121. The molecule has 0 saturated heterocycles. The molecule has 0 saturated carbocycles. The van der Waals surface area contributed by atoms with Crippen LogP contribution in [0.1, 0.15) is 57.7 Å². The number of nitrogens with one attached hydrogen (secondary N) is 2. The van der Waals surface area contributed by atoms with E-state index in [9.17, 15) is 4.79 Å². The zero-order chi connectivity index (χ0) is 15.0. The Kier molecular flexibility index (Phi) is 7.31. The summed E-state index contributed by atoms with van der Waals surface area (Å²) in [4.78, 5) is 11.6. The number of benzene rings is 1. The molecule has 112 valence electrons. The molecule has 1 rings (SSSR count). The van der Waals surface area contributed by atoms with Gasteiger partial charge in [0.2, 0.25) is 5.91 Å². The van der Waals surface area contributed by atoms with E-state index in [0.29, 0.717) is 19.0 Å². The molecule has 0 fully saturated rings. The minimum absolute atomic E-state index is 0.115. The number of carbonyl (C=O) groups is 1. The molecule has 1 aromatic carbocycles. The van der Waals surface area contributed by atoms with Crippen LogP contribution < -0.4 is 10.6 Å². The molecule has 3 nitrogen and oxygen atoms in total. The molecule has 1 aromatic rings. The highest BCUT2D eigenvalue weighted by Crippen LogP contribution is 2.17. The van der Waals surface area contributed by atoms with Gasteiger partial charge < -0.3 is 10.6 Å². The summed E-state index contributed by atoms with van der Waals surface area (Å²) in [5.74, 6) is 0.115. The average Bonchev–Trinajstić information content (AvgIpc) is 2.43. The highest BCUT2D eigenvalue weighted by atomic mass is 16.1. The van der Waals surface area contributed by atoms with Crippen LogP contribution in [0.2, 0.25) is 0 Å². The van der Waals surface area contributed by atoms with Crippen LogP contribution in [-0.2, 0) is 11.2 Å². The maximum absolute atomic E-state index is 11.6. The van der Waals surface area contributed by atoms with E-state index in [2.05, 4.69) is 48.7 Å². The molecule has 1 amide bonds. The van der Waals surface area contributed by atoms with Crippen LogP contribution >= 0.6 is 0 Å². The first-order valence-corrected chi connectivity index (χ1v) is 7.68. The third-order valence-corrected chi connectivity index (χ3v) is 3.39. The van der Waals surface area contributed by atoms with Crippen LogP contribution in [0.25, 0.3) is 0 Å². The van der Waals surface area contributed by atoms with Gasteiger partial charge in [-0.15, -0.1) is 0 Å². The summed E-state index contributed by atoms with van der Waals surface area (Å²) in [6.07, 6.45) is 2.62. The van der Waals surface area contributed by atoms with Crippen molar-refractivity contribution in [3.8, 4) is 0 Å². The minimum Gasteiger partial charge on any atom is -0.354 e. The lowest BCUT2D eigenvalue weighted by Gasteiger charge is -2.18. The zero-order valence-corrected chi connectivity index (χ0v) is 13.2. The van der Waals surface area contributed by atoms with E-state index in [1.54, 1.807) is 0 Å². The van der Waals surface area contributed by atoms with Crippen LogP contribution in [0.5, 0.6) is 0 Å². The van der Waals surface area contributed by atoms with Crippen molar-refractivity contribution >= 4 is 5.91 Å². The monoisotopic (exact) mass is 276 g/mol. The SMILES string of the molecule is CCc1ccc(C(CC)NCCC(=O)NC(C)C)cc1. The van der Waals surface area contributed by atoms with Gasteiger partial charge in [-0.2, -0.15) is 0 Å². The predicted molar refractivity (Wildman–Crippen MR) is 84.8 cm³/mol. The normalized spacial score (nSPS) is 12.4. The Morgan fingerprint density at radius 3 is 2.30 bits per heavy atom. The minimum atomic E-state index is 0.115. The first-order valence-electron chi connectivity index (χ1n) is 7.68. The lowest BCUT2D eigenvalue weighted by atomic mass is 10.0. The second-order valence-corrected chi connectivity index (χ2v) is 5.48. The molecular weight excluding hydrogens is 248 g/mol. The third kappa shape index (κ3) is 5.74. The van der Waals surface area contributed by atoms with Crippen LogP contribution in [0.4, 0.5) is 0 Å². The first-order chi connectivity index (χ1) is 9.56. The van der Waals surface area contributed by atoms with Crippen molar-refractivity contribution < 1.29 is 4.79 Å². The highest BCUT2D eigenvalue weighted by Gasteiger charge is 2.09. The number of carbonyl (C=O) groups excluding carboxylic acids is 1. The second-order valence-electron chi connectivity index (χ2n) is 5.48. The molecule has 1 unspecified atom stereocenters. The van der Waals surface area contributed by atoms with Gasteiger partial charge in [0.25, 0.3) is 0 Å². The van der Waals surface area contributed by atoms with Crippen molar-refractivity contribution in [1.82, 2.24) is 10.6 Å². The van der Waals surface area contributed by atoms with Crippen LogP contribution in [-0.4, -0.2) is 18.5 Å². The highest BCUT2D eigenvalue weighted by molar-refractivity contribution is 5.76. The molecule has 3 heteroatoms. The van der Waals surface area contributed by atoms with Crippen LogP contribution in [0.15, 0.2) is 24.3 Å². The summed E-state index contributed by atoms with van der Waals surface area (Å²) >= 11 is 0. The Balaban J connectivity index is 2.44. The summed E-state index contributed by atoms with van der Waals surface area (Å²) in [6.45, 7) is 9.01. The van der Waals surface area contributed by atoms with Gasteiger partial charge in [0.05, 0.1) is 0 Å². The molecule has 0 spiro atoms. The number of aryl methyl sites for hydroxylation is 1. The van der Waals surface area contributed by atoms with E-state index in [1.807, 2.05) is 13.8 Å². The first kappa shape index (κ1) is 16.7. The van der Waals surface area contributed by atoms with E-state index >= 15 is 0 Å². The summed E-state index contributed by atoms with van der Waals surface area (Å²) in [5.41, 5.74) is 2.66. The van der Waals surface area contributed by atoms with E-state index < -0.39 is 0 Å². The standard InChI is InChI=1S/C17H28N2O/c1-5-14-7-9-15(10-8-14)16(6-2)18-12-11-17(20)19-13(3)4/h7-10,13,16,18H,5-6,11-12H2,1-4H3,(H,19,20). The molecule has 0 aromatic heterocycles. The molecule has 0 aliphatic carbocycles. The predicted octanol–water partition coefficient (Wildman–Crippen LogP) is 3.20. The molecule has 0 aliphatic heterocycles. The number of rotatable bonds is 8. The van der Waals surface area contributed by atoms with Gasteiger partial charge in [-0.05, 0) is 37.8 Å². The van der Waals surface area contributed by atoms with Gasteiger partial charge in [-0.3, -0.25) is 4.79 Å². The number of hydrogen-bond donors (Lipinski definition) is 2. The van der Waals surface area contributed by atoms with Crippen molar-refractivity contribution in [2.45, 2.75) is 59.0 Å². The van der Waals surface area contributed by atoms with Crippen molar-refractivity contribution in [2.24, 2.45) is 0 Å². The number of amides is 1. The lowest BCUT2D eigenvalue weighted by Crippen LogP contribution is -2.33. The van der Waals surface area contributed by atoms with Crippen molar-refractivity contribution in [1.29, 1.82) is 0 Å². The Bertz CT molecular complexity index is 398. The van der Waals surface area contributed by atoms with E-state index in [0.717, 1.165) is 12.8 Å². The van der Waals surface area contributed by atoms with Gasteiger partial charge in [0, 0.05) is 25.0 Å². The second kappa shape index (κ2) is 8.75. The van der Waals surface area contributed by atoms with E-state index in [1.165, 1.54) is 11.1 Å². The Morgan fingerprint density at radius 2 is 1.80 bits per heavy atom. The zero-order valence-electron chi connectivity index (χ0n) is 13.2. The van der Waals surface area contributed by atoms with Gasteiger partial charge in [0.15, 0.2) is 0 Å². The van der Waals surface area contributed by atoms with Gasteiger partial charge in [0.1, 0.15) is 0 Å². The molecular formula is C17H28N2O. The summed E-state index contributed by atoms with van der Waals surface area (Å²) in [6, 6.07) is 9.29. The van der Waals surface area contributed by atoms with Gasteiger partial charge in [-0.1, -0.05) is 38.1 Å². The Morgan fingerprint density at radius 1 is 1.15 bits per heavy atom. The van der Waals surface area contributed by atoms with Crippen LogP contribution in [0, 0.1) is 0 Å². The Labute approximate surface area is 123 Å². The van der Waals surface area contributed by atoms with Crippen molar-refractivity contribution in [2.75, 3.05) is 6.54 Å². The van der Waals surface area contributed by atoms with Crippen molar-refractivity contribution in [3.05, 3.63) is 35.4 Å². The largest absolute Gasteiger partial charge is 0.354 e. The molecule has 1 atom stereocenters. The van der Waals surface area contributed by atoms with Gasteiger partial charge >= 0.3 is 0 Å². The smallest absolute Gasteiger partial charge is 0.221 e. The maximum Gasteiger partial charge on any atom is 0.221 e. The number of hydrogen-bond acceptors (Lipinski definition) is 2. The van der Waals surface area contributed by atoms with Gasteiger partial charge in [-0.25, -0.2) is 0 Å². The molecule has 2 N–H and O–H groups in total. The summed E-state index contributed by atoms with van der Waals surface area (Å²) in [5, 5.41) is 6.38. The fraction of sp³-hybridized carbons (Fsp3) is 0.588. The molecule has 0 aliphatic rings. The summed E-state index contributed by atoms with van der Waals surface area (Å²) in [7, 11) is 0. The Hall–Kier alpha value is -1.35. The van der Waals surface area contributed by atoms with Crippen LogP contribution in [0.3, 0.4) is 0 Å². The molecule has 0 heterocycles. The fourth-order valence-corrected chi connectivity index (χ4v) is 2.24. The fourth-order valence-electron chi connectivity index (χ4n) is 2.24. The van der Waals surface area contributed by atoms with E-state index in [4.69, 9.17) is 0 Å². The molecule has 0 radical (unpaired) electrons. The topological polar surface area (TPSA) is 41.1 Å².